The third-order valence-corrected chi connectivity index (χ3v) is 2.74. The second-order valence-electron chi connectivity index (χ2n) is 3.91. The molecule has 0 unspecified atom stereocenters. The molecule has 0 bridgehead atoms. The van der Waals surface area contributed by atoms with Crippen molar-refractivity contribution in [2.24, 2.45) is 7.05 Å². The third-order valence-electron chi connectivity index (χ3n) is 2.74. The molecule has 0 aliphatic carbocycles. The predicted molar refractivity (Wildman–Crippen MR) is 63.9 cm³/mol. The highest BCUT2D eigenvalue weighted by molar-refractivity contribution is 6.07. The topological polar surface area (TPSA) is 52.7 Å². The van der Waals surface area contributed by atoms with Crippen molar-refractivity contribution in [3.63, 3.8) is 0 Å². The minimum absolute atomic E-state index is 0.0283. The summed E-state index contributed by atoms with van der Waals surface area (Å²) in [6.07, 6.45) is 4.20. The average molecular weight is 232 g/mol. The molecular formula is C12H16N4O. The van der Waals surface area contributed by atoms with Gasteiger partial charge in [0.1, 0.15) is 5.69 Å². The van der Waals surface area contributed by atoms with E-state index in [1.54, 1.807) is 28.8 Å². The number of carbonyl (C=O) groups is 1. The van der Waals surface area contributed by atoms with Crippen LogP contribution in [-0.4, -0.2) is 25.3 Å². The Morgan fingerprint density at radius 3 is 2.71 bits per heavy atom. The first-order valence-corrected chi connectivity index (χ1v) is 5.75. The lowest BCUT2D eigenvalue weighted by Crippen LogP contribution is -2.07. The number of rotatable bonds is 4. The summed E-state index contributed by atoms with van der Waals surface area (Å²) < 4.78 is 3.37. The van der Waals surface area contributed by atoms with Gasteiger partial charge in [0.15, 0.2) is 0 Å². The smallest absolute Gasteiger partial charge is 0.214 e. The molecule has 90 valence electrons. The van der Waals surface area contributed by atoms with Crippen molar-refractivity contribution in [1.82, 2.24) is 19.6 Å². The van der Waals surface area contributed by atoms with Crippen LogP contribution in [0.4, 0.5) is 0 Å². The van der Waals surface area contributed by atoms with E-state index in [9.17, 15) is 4.79 Å². The maximum Gasteiger partial charge on any atom is 0.214 e. The summed E-state index contributed by atoms with van der Waals surface area (Å²) in [5, 5.41) is 8.38. The highest BCUT2D eigenvalue weighted by Crippen LogP contribution is 2.10. The molecule has 0 fully saturated rings. The number of nitrogens with zero attached hydrogens (tertiary/aromatic N) is 4. The van der Waals surface area contributed by atoms with E-state index in [4.69, 9.17) is 0 Å². The molecule has 0 spiro atoms. The number of hydrogen-bond acceptors (Lipinski definition) is 3. The summed E-state index contributed by atoms with van der Waals surface area (Å²) in [5.41, 5.74) is 2.15. The highest BCUT2D eigenvalue weighted by Gasteiger charge is 2.16. The number of ketones is 1. The SMILES string of the molecule is CCc1cc(C(=O)c2cnn(CC)c2)n(C)n1. The average Bonchev–Trinajstić information content (AvgIpc) is 2.94. The second kappa shape index (κ2) is 4.53. The number of aromatic nitrogens is 4. The highest BCUT2D eigenvalue weighted by atomic mass is 16.1. The summed E-state index contributed by atoms with van der Waals surface area (Å²) in [5.74, 6) is -0.0283. The van der Waals surface area contributed by atoms with Gasteiger partial charge in [0.2, 0.25) is 5.78 Å². The second-order valence-corrected chi connectivity index (χ2v) is 3.91. The van der Waals surface area contributed by atoms with Gasteiger partial charge in [-0.15, -0.1) is 0 Å². The summed E-state index contributed by atoms with van der Waals surface area (Å²) >= 11 is 0. The summed E-state index contributed by atoms with van der Waals surface area (Å²) in [7, 11) is 1.79. The molecule has 0 saturated carbocycles. The Balaban J connectivity index is 2.32. The zero-order valence-corrected chi connectivity index (χ0v) is 10.3. The zero-order valence-electron chi connectivity index (χ0n) is 10.3. The fraction of sp³-hybridized carbons (Fsp3) is 0.417. The minimum atomic E-state index is -0.0283. The van der Waals surface area contributed by atoms with Crippen LogP contribution < -0.4 is 0 Å². The number of carbonyl (C=O) groups excluding carboxylic acids is 1. The van der Waals surface area contributed by atoms with Crippen molar-refractivity contribution in [3.05, 3.63) is 35.4 Å². The standard InChI is InChI=1S/C12H16N4O/c1-4-10-6-11(15(3)14-10)12(17)9-7-13-16(5-2)8-9/h6-8H,4-5H2,1-3H3. The van der Waals surface area contributed by atoms with Crippen molar-refractivity contribution >= 4 is 5.78 Å². The molecule has 0 N–H and O–H groups in total. The van der Waals surface area contributed by atoms with Crippen LogP contribution in [-0.2, 0) is 20.0 Å². The molecule has 0 radical (unpaired) electrons. The van der Waals surface area contributed by atoms with Gasteiger partial charge in [0, 0.05) is 19.8 Å². The number of hydrogen-bond donors (Lipinski definition) is 0. The van der Waals surface area contributed by atoms with E-state index in [-0.39, 0.29) is 5.78 Å². The van der Waals surface area contributed by atoms with E-state index in [0.29, 0.717) is 11.3 Å². The quantitative estimate of drug-likeness (QED) is 0.749. The molecule has 5 heteroatoms. The Morgan fingerprint density at radius 1 is 1.41 bits per heavy atom. The summed E-state index contributed by atoms with van der Waals surface area (Å²) in [6, 6.07) is 1.84. The molecule has 5 nitrogen and oxygen atoms in total. The van der Waals surface area contributed by atoms with E-state index >= 15 is 0 Å². The summed E-state index contributed by atoms with van der Waals surface area (Å²) in [4.78, 5) is 12.2. The first-order chi connectivity index (χ1) is 8.15. The molecule has 2 heterocycles. The van der Waals surface area contributed by atoms with Crippen molar-refractivity contribution in [2.75, 3.05) is 0 Å². The van der Waals surface area contributed by atoms with Crippen molar-refractivity contribution in [2.45, 2.75) is 26.8 Å². The van der Waals surface area contributed by atoms with Gasteiger partial charge in [-0.3, -0.25) is 14.2 Å². The zero-order chi connectivity index (χ0) is 12.4. The molecule has 2 aromatic heterocycles. The molecule has 0 aliphatic rings. The van der Waals surface area contributed by atoms with Gasteiger partial charge >= 0.3 is 0 Å². The molecule has 17 heavy (non-hydrogen) atoms. The Bertz CT molecular complexity index is 538. The van der Waals surface area contributed by atoms with Gasteiger partial charge in [0.25, 0.3) is 0 Å². The van der Waals surface area contributed by atoms with Crippen molar-refractivity contribution < 1.29 is 4.79 Å². The molecule has 0 atom stereocenters. The van der Waals surface area contributed by atoms with Crippen molar-refractivity contribution in [3.8, 4) is 0 Å². The maximum atomic E-state index is 12.2. The number of aryl methyl sites for hydroxylation is 3. The van der Waals surface area contributed by atoms with Crippen LogP contribution in [0.25, 0.3) is 0 Å². The Kier molecular flexibility index (Phi) is 3.08. The van der Waals surface area contributed by atoms with Gasteiger partial charge in [-0.1, -0.05) is 6.92 Å². The van der Waals surface area contributed by atoms with Crippen LogP contribution >= 0.6 is 0 Å². The Hall–Kier alpha value is -1.91. The lowest BCUT2D eigenvalue weighted by atomic mass is 10.1. The molecule has 0 amide bonds. The fourth-order valence-corrected chi connectivity index (χ4v) is 1.71. The maximum absolute atomic E-state index is 12.2. The van der Waals surface area contributed by atoms with Crippen LogP contribution in [0, 0.1) is 0 Å². The normalized spacial score (nSPS) is 10.8. The molecular weight excluding hydrogens is 216 g/mol. The third kappa shape index (κ3) is 2.13. The lowest BCUT2D eigenvalue weighted by molar-refractivity contribution is 0.103. The molecule has 2 rings (SSSR count). The van der Waals surface area contributed by atoms with E-state index in [1.807, 2.05) is 19.9 Å². The van der Waals surface area contributed by atoms with Crippen LogP contribution in [0.5, 0.6) is 0 Å². The van der Waals surface area contributed by atoms with Crippen molar-refractivity contribution in [1.29, 1.82) is 0 Å². The Morgan fingerprint density at radius 2 is 2.18 bits per heavy atom. The first kappa shape index (κ1) is 11.6. The minimum Gasteiger partial charge on any atom is -0.287 e. The molecule has 0 aromatic carbocycles. The Labute approximate surface area is 100 Å². The predicted octanol–water partition coefficient (Wildman–Crippen LogP) is 1.43. The first-order valence-electron chi connectivity index (χ1n) is 5.75. The summed E-state index contributed by atoms with van der Waals surface area (Å²) in [6.45, 7) is 4.77. The molecule has 0 saturated heterocycles. The van der Waals surface area contributed by atoms with E-state index < -0.39 is 0 Å². The van der Waals surface area contributed by atoms with Crippen LogP contribution in [0.1, 0.15) is 35.6 Å². The van der Waals surface area contributed by atoms with Crippen LogP contribution in [0.15, 0.2) is 18.5 Å². The monoisotopic (exact) mass is 232 g/mol. The van der Waals surface area contributed by atoms with Gasteiger partial charge in [-0.05, 0) is 19.4 Å². The van der Waals surface area contributed by atoms with Crippen LogP contribution in [0.3, 0.4) is 0 Å². The molecule has 2 aromatic rings. The van der Waals surface area contributed by atoms with E-state index in [1.165, 1.54) is 0 Å². The van der Waals surface area contributed by atoms with E-state index in [2.05, 4.69) is 10.2 Å². The van der Waals surface area contributed by atoms with Crippen LogP contribution in [0.2, 0.25) is 0 Å². The van der Waals surface area contributed by atoms with Gasteiger partial charge in [0.05, 0.1) is 17.5 Å². The van der Waals surface area contributed by atoms with E-state index in [0.717, 1.165) is 18.7 Å². The molecule has 0 aliphatic heterocycles. The fourth-order valence-electron chi connectivity index (χ4n) is 1.71. The lowest BCUT2D eigenvalue weighted by Gasteiger charge is -1.97. The van der Waals surface area contributed by atoms with Gasteiger partial charge < -0.3 is 0 Å². The van der Waals surface area contributed by atoms with Gasteiger partial charge in [-0.2, -0.15) is 10.2 Å². The largest absolute Gasteiger partial charge is 0.287 e. The van der Waals surface area contributed by atoms with Gasteiger partial charge in [-0.25, -0.2) is 0 Å².